The number of aromatic nitrogens is 3. The van der Waals surface area contributed by atoms with E-state index in [1.165, 1.54) is 0 Å². The maximum atomic E-state index is 6.05. The molecule has 0 atom stereocenters. The van der Waals surface area contributed by atoms with E-state index in [0.29, 0.717) is 0 Å². The van der Waals surface area contributed by atoms with Crippen molar-refractivity contribution < 1.29 is 4.74 Å². The maximum Gasteiger partial charge on any atom is 0.134 e. The summed E-state index contributed by atoms with van der Waals surface area (Å²) in [6.45, 7) is 5.60. The topological polar surface area (TPSA) is 51.1 Å². The minimum atomic E-state index is 0.187. The predicted octanol–water partition coefficient (Wildman–Crippen LogP) is 2.91. The van der Waals surface area contributed by atoms with E-state index in [2.05, 4.69) is 25.9 Å². The molecule has 0 bridgehead atoms. The van der Waals surface area contributed by atoms with Gasteiger partial charge in [-0.25, -0.2) is 9.97 Å². The minimum Gasteiger partial charge on any atom is -0.487 e. The monoisotopic (exact) mass is 306 g/mol. The number of aryl methyl sites for hydroxylation is 2. The van der Waals surface area contributed by atoms with Gasteiger partial charge in [-0.2, -0.15) is 0 Å². The minimum absolute atomic E-state index is 0.187. The smallest absolute Gasteiger partial charge is 0.134 e. The fourth-order valence-corrected chi connectivity index (χ4v) is 2.87. The summed E-state index contributed by atoms with van der Waals surface area (Å²) in [4.78, 5) is 15.4. The second kappa shape index (κ2) is 5.50. The number of nitrogens with zero attached hydrogens (tertiary/aromatic N) is 4. The summed E-state index contributed by atoms with van der Waals surface area (Å²) in [5, 5.41) is 1.13. The fraction of sp³-hybridized carbons (Fsp3) is 0.278. The fourth-order valence-electron chi connectivity index (χ4n) is 2.87. The third kappa shape index (κ3) is 2.82. The van der Waals surface area contributed by atoms with Crippen LogP contribution < -0.4 is 9.64 Å². The van der Waals surface area contributed by atoms with Crippen molar-refractivity contribution in [2.75, 3.05) is 18.0 Å². The summed E-state index contributed by atoms with van der Waals surface area (Å²) >= 11 is 0. The molecule has 23 heavy (non-hydrogen) atoms. The average Bonchev–Trinajstić information content (AvgIpc) is 2.49. The second-order valence-corrected chi connectivity index (χ2v) is 5.92. The lowest BCUT2D eigenvalue weighted by atomic mass is 10.1. The molecule has 0 saturated carbocycles. The number of hydrogen-bond acceptors (Lipinski definition) is 5. The number of anilines is 1. The van der Waals surface area contributed by atoms with Crippen LogP contribution in [-0.4, -0.2) is 34.1 Å². The summed E-state index contributed by atoms with van der Waals surface area (Å²) in [6, 6.07) is 12.1. The first kappa shape index (κ1) is 13.9. The lowest BCUT2D eigenvalue weighted by Gasteiger charge is -2.39. The van der Waals surface area contributed by atoms with E-state index in [0.717, 1.165) is 47.1 Å². The number of hydrogen-bond donors (Lipinski definition) is 0. The number of pyridine rings is 1. The van der Waals surface area contributed by atoms with Gasteiger partial charge in [0.15, 0.2) is 0 Å². The average molecular weight is 306 g/mol. The van der Waals surface area contributed by atoms with E-state index >= 15 is 0 Å². The zero-order valence-electron chi connectivity index (χ0n) is 13.2. The zero-order chi connectivity index (χ0) is 15.8. The van der Waals surface area contributed by atoms with Gasteiger partial charge < -0.3 is 9.64 Å². The highest BCUT2D eigenvalue weighted by atomic mass is 16.5. The second-order valence-electron chi connectivity index (χ2n) is 5.92. The number of rotatable bonds is 3. The summed E-state index contributed by atoms with van der Waals surface area (Å²) < 4.78 is 6.05. The van der Waals surface area contributed by atoms with Crippen LogP contribution in [0.25, 0.3) is 10.9 Å². The van der Waals surface area contributed by atoms with E-state index in [-0.39, 0.29) is 6.10 Å². The molecule has 4 rings (SSSR count). The summed E-state index contributed by atoms with van der Waals surface area (Å²) in [7, 11) is 0. The Labute approximate surface area is 135 Å². The van der Waals surface area contributed by atoms with Crippen LogP contribution in [0.2, 0.25) is 0 Å². The largest absolute Gasteiger partial charge is 0.487 e. The lowest BCUT2D eigenvalue weighted by Crippen LogP contribution is -2.54. The van der Waals surface area contributed by atoms with Crippen molar-refractivity contribution in [3.8, 4) is 5.75 Å². The standard InChI is InChI=1S/C18H18N4O/c1-12-8-18(21-13(2)20-12)22-10-16(11-22)23-15-6-5-14-4-3-7-19-17(14)9-15/h3-9,16H,10-11H2,1-2H3. The Morgan fingerprint density at radius 3 is 2.78 bits per heavy atom. The normalized spacial score (nSPS) is 14.8. The first-order valence-electron chi connectivity index (χ1n) is 7.76. The molecule has 1 aromatic carbocycles. The molecule has 0 radical (unpaired) electrons. The molecule has 1 aliphatic heterocycles. The van der Waals surface area contributed by atoms with Crippen LogP contribution >= 0.6 is 0 Å². The van der Waals surface area contributed by atoms with Crippen LogP contribution in [0.1, 0.15) is 11.5 Å². The van der Waals surface area contributed by atoms with Gasteiger partial charge in [0.1, 0.15) is 23.5 Å². The molecule has 1 aliphatic rings. The summed E-state index contributed by atoms with van der Waals surface area (Å²) in [6.07, 6.45) is 1.99. The zero-order valence-corrected chi connectivity index (χ0v) is 13.2. The van der Waals surface area contributed by atoms with Gasteiger partial charge in [-0.05, 0) is 32.0 Å². The van der Waals surface area contributed by atoms with Crippen LogP contribution in [0.15, 0.2) is 42.6 Å². The Balaban J connectivity index is 1.43. The highest BCUT2D eigenvalue weighted by Gasteiger charge is 2.29. The van der Waals surface area contributed by atoms with Gasteiger partial charge in [0.2, 0.25) is 0 Å². The van der Waals surface area contributed by atoms with Crippen molar-refractivity contribution in [3.05, 3.63) is 54.1 Å². The maximum absolute atomic E-state index is 6.05. The van der Waals surface area contributed by atoms with Crippen LogP contribution in [0.5, 0.6) is 5.75 Å². The third-order valence-electron chi connectivity index (χ3n) is 4.00. The molecule has 1 saturated heterocycles. The number of ether oxygens (including phenoxy) is 1. The molecule has 0 N–H and O–H groups in total. The van der Waals surface area contributed by atoms with E-state index in [1.807, 2.05) is 44.2 Å². The highest BCUT2D eigenvalue weighted by Crippen LogP contribution is 2.25. The molecule has 5 heteroatoms. The Bertz CT molecular complexity index is 838. The van der Waals surface area contributed by atoms with Crippen molar-refractivity contribution in [1.82, 2.24) is 15.0 Å². The van der Waals surface area contributed by atoms with Crippen LogP contribution in [0.4, 0.5) is 5.82 Å². The highest BCUT2D eigenvalue weighted by molar-refractivity contribution is 5.79. The molecule has 0 amide bonds. The van der Waals surface area contributed by atoms with Gasteiger partial charge in [-0.1, -0.05) is 6.07 Å². The summed E-state index contributed by atoms with van der Waals surface area (Å²) in [5.74, 6) is 2.66. The first-order chi connectivity index (χ1) is 11.2. The third-order valence-corrected chi connectivity index (χ3v) is 4.00. The van der Waals surface area contributed by atoms with E-state index < -0.39 is 0 Å². The Morgan fingerprint density at radius 1 is 1.09 bits per heavy atom. The molecule has 0 aliphatic carbocycles. The summed E-state index contributed by atoms with van der Waals surface area (Å²) in [5.41, 5.74) is 1.96. The molecular weight excluding hydrogens is 288 g/mol. The van der Waals surface area contributed by atoms with Crippen molar-refractivity contribution in [2.45, 2.75) is 20.0 Å². The molecule has 3 aromatic rings. The van der Waals surface area contributed by atoms with Crippen LogP contribution in [0.3, 0.4) is 0 Å². The van der Waals surface area contributed by atoms with Crippen molar-refractivity contribution in [3.63, 3.8) is 0 Å². The molecule has 2 aromatic heterocycles. The lowest BCUT2D eigenvalue weighted by molar-refractivity contribution is 0.167. The molecule has 1 fully saturated rings. The number of fused-ring (bicyclic) bond motifs is 1. The van der Waals surface area contributed by atoms with Gasteiger partial charge in [-0.3, -0.25) is 4.98 Å². The Kier molecular flexibility index (Phi) is 3.33. The quantitative estimate of drug-likeness (QED) is 0.744. The van der Waals surface area contributed by atoms with E-state index in [9.17, 15) is 0 Å². The van der Waals surface area contributed by atoms with E-state index in [1.54, 1.807) is 6.20 Å². The molecule has 5 nitrogen and oxygen atoms in total. The molecular formula is C18H18N4O. The van der Waals surface area contributed by atoms with Gasteiger partial charge in [0.05, 0.1) is 18.6 Å². The van der Waals surface area contributed by atoms with Crippen molar-refractivity contribution >= 4 is 16.7 Å². The van der Waals surface area contributed by atoms with Crippen molar-refractivity contribution in [1.29, 1.82) is 0 Å². The molecule has 3 heterocycles. The Morgan fingerprint density at radius 2 is 1.96 bits per heavy atom. The van der Waals surface area contributed by atoms with E-state index in [4.69, 9.17) is 4.74 Å². The molecule has 0 spiro atoms. The Hall–Kier alpha value is -2.69. The predicted molar refractivity (Wildman–Crippen MR) is 89.9 cm³/mol. The van der Waals surface area contributed by atoms with Crippen LogP contribution in [-0.2, 0) is 0 Å². The van der Waals surface area contributed by atoms with Crippen molar-refractivity contribution in [2.24, 2.45) is 0 Å². The van der Waals surface area contributed by atoms with Gasteiger partial charge >= 0.3 is 0 Å². The SMILES string of the molecule is Cc1cc(N2CC(Oc3ccc4cccnc4c3)C2)nc(C)n1. The first-order valence-corrected chi connectivity index (χ1v) is 7.76. The van der Waals surface area contributed by atoms with Gasteiger partial charge in [0.25, 0.3) is 0 Å². The van der Waals surface area contributed by atoms with Gasteiger partial charge in [-0.15, -0.1) is 0 Å². The van der Waals surface area contributed by atoms with Gasteiger partial charge in [0, 0.05) is 29.4 Å². The number of benzene rings is 1. The van der Waals surface area contributed by atoms with Crippen LogP contribution in [0, 0.1) is 13.8 Å². The molecule has 0 unspecified atom stereocenters. The molecule has 116 valence electrons.